The van der Waals surface area contributed by atoms with Gasteiger partial charge in [-0.2, -0.15) is 0 Å². The molecule has 0 aromatic carbocycles. The molecule has 3 heteroatoms. The Morgan fingerprint density at radius 1 is 1.00 bits per heavy atom. The first kappa shape index (κ1) is 16.4. The molecule has 5 aliphatic rings. The van der Waals surface area contributed by atoms with Crippen LogP contribution in [0.15, 0.2) is 16.8 Å². The van der Waals surface area contributed by atoms with Crippen molar-refractivity contribution in [3.8, 4) is 0 Å². The van der Waals surface area contributed by atoms with Crippen molar-refractivity contribution in [3.63, 3.8) is 0 Å². The van der Waals surface area contributed by atoms with Crippen LogP contribution in [0.2, 0.25) is 0 Å². The second-order valence-electron chi connectivity index (χ2n) is 10.7. The normalized spacial score (nSPS) is 54.6. The van der Waals surface area contributed by atoms with E-state index in [2.05, 4.69) is 32.0 Å². The highest BCUT2D eigenvalue weighted by Crippen LogP contribution is 2.75. The first-order valence-corrected chi connectivity index (χ1v) is 10.4. The molecule has 0 heterocycles. The summed E-state index contributed by atoms with van der Waals surface area (Å²) in [4.78, 5) is 0. The predicted octanol–water partition coefficient (Wildman–Crippen LogP) is 4.92. The summed E-state index contributed by atoms with van der Waals surface area (Å²) >= 11 is 0. The number of aliphatic hydroxyl groups is 1. The molecule has 0 aromatic heterocycles. The summed E-state index contributed by atoms with van der Waals surface area (Å²) in [5, 5.41) is 24.0. The van der Waals surface area contributed by atoms with Crippen LogP contribution in [0.25, 0.3) is 0 Å². The Labute approximate surface area is 151 Å². The lowest BCUT2D eigenvalue weighted by atomic mass is 9.44. The van der Waals surface area contributed by atoms with Gasteiger partial charge in [0.1, 0.15) is 0 Å². The Bertz CT molecular complexity index is 674. The minimum Gasteiger partial charge on any atom is -0.411 e. The van der Waals surface area contributed by atoms with Gasteiger partial charge in [-0.15, -0.1) is 0 Å². The van der Waals surface area contributed by atoms with Crippen LogP contribution in [0.5, 0.6) is 0 Å². The zero-order valence-corrected chi connectivity index (χ0v) is 16.0. The fourth-order valence-electron chi connectivity index (χ4n) is 7.94. The van der Waals surface area contributed by atoms with Crippen LogP contribution in [-0.4, -0.2) is 21.6 Å². The first-order valence-electron chi connectivity index (χ1n) is 10.4. The Balaban J connectivity index is 1.58. The molecule has 138 valence electrons. The molecular weight excluding hydrogens is 310 g/mol. The van der Waals surface area contributed by atoms with Gasteiger partial charge in [0, 0.05) is 0 Å². The second-order valence-corrected chi connectivity index (χ2v) is 10.7. The third-order valence-electron chi connectivity index (χ3n) is 9.82. The molecule has 0 aliphatic heterocycles. The molecular formula is C22H33NO2. The number of hydrogen-bond acceptors (Lipinski definition) is 3. The molecule has 6 atom stereocenters. The number of fused-ring (bicyclic) bond motifs is 6. The van der Waals surface area contributed by atoms with Gasteiger partial charge in [0.05, 0.1) is 11.3 Å². The van der Waals surface area contributed by atoms with Crippen molar-refractivity contribution in [2.24, 2.45) is 39.2 Å². The van der Waals surface area contributed by atoms with E-state index in [0.717, 1.165) is 36.8 Å². The largest absolute Gasteiger partial charge is 0.411 e. The van der Waals surface area contributed by atoms with Crippen molar-refractivity contribution < 1.29 is 10.3 Å². The van der Waals surface area contributed by atoms with Crippen molar-refractivity contribution in [2.75, 3.05) is 0 Å². The quantitative estimate of drug-likeness (QED) is 0.484. The molecule has 0 radical (unpaired) electrons. The fourth-order valence-corrected chi connectivity index (χ4v) is 7.94. The maximum Gasteiger partial charge on any atom is 0.0796 e. The SMILES string of the molecule is C[C@]12CC/C(=N\O)C=C1C1(CC1)C[C@@H]1[C@@H]2CC[C@@]2(C)[C@H]1CC[C@]2(C)O. The van der Waals surface area contributed by atoms with E-state index in [0.29, 0.717) is 11.3 Å². The molecule has 0 aromatic rings. The number of allylic oxidation sites excluding steroid dienone is 2. The highest BCUT2D eigenvalue weighted by molar-refractivity contribution is 5.96. The summed E-state index contributed by atoms with van der Waals surface area (Å²) in [6.45, 7) is 6.99. The third-order valence-corrected chi connectivity index (χ3v) is 9.82. The van der Waals surface area contributed by atoms with Crippen molar-refractivity contribution in [3.05, 3.63) is 11.6 Å². The first-order chi connectivity index (χ1) is 11.8. The van der Waals surface area contributed by atoms with Crippen LogP contribution in [-0.2, 0) is 0 Å². The molecule has 3 nitrogen and oxygen atoms in total. The van der Waals surface area contributed by atoms with Gasteiger partial charge in [0.15, 0.2) is 0 Å². The lowest BCUT2D eigenvalue weighted by Gasteiger charge is -2.61. The van der Waals surface area contributed by atoms with Crippen LogP contribution in [0.3, 0.4) is 0 Å². The Morgan fingerprint density at radius 2 is 1.72 bits per heavy atom. The summed E-state index contributed by atoms with van der Waals surface area (Å²) < 4.78 is 0. The van der Waals surface area contributed by atoms with E-state index in [4.69, 9.17) is 0 Å². The molecule has 4 fully saturated rings. The Morgan fingerprint density at radius 3 is 2.40 bits per heavy atom. The summed E-state index contributed by atoms with van der Waals surface area (Å²) in [5.74, 6) is 2.20. The van der Waals surface area contributed by atoms with Crippen LogP contribution >= 0.6 is 0 Å². The third kappa shape index (κ3) is 1.89. The van der Waals surface area contributed by atoms with Gasteiger partial charge < -0.3 is 10.3 Å². The number of rotatable bonds is 0. The van der Waals surface area contributed by atoms with Gasteiger partial charge in [-0.3, -0.25) is 0 Å². The average Bonchev–Trinajstić information content (AvgIpc) is 3.28. The van der Waals surface area contributed by atoms with E-state index in [9.17, 15) is 10.3 Å². The molecule has 0 saturated heterocycles. The topological polar surface area (TPSA) is 52.8 Å². The highest BCUT2D eigenvalue weighted by Gasteiger charge is 2.67. The molecule has 5 rings (SSSR count). The van der Waals surface area contributed by atoms with Gasteiger partial charge in [0.2, 0.25) is 0 Å². The van der Waals surface area contributed by atoms with E-state index in [-0.39, 0.29) is 10.8 Å². The highest BCUT2D eigenvalue weighted by atomic mass is 16.4. The maximum absolute atomic E-state index is 11.1. The molecule has 0 amide bonds. The van der Waals surface area contributed by atoms with Gasteiger partial charge in [0.25, 0.3) is 0 Å². The number of nitrogens with zero attached hydrogens (tertiary/aromatic N) is 1. The smallest absolute Gasteiger partial charge is 0.0796 e. The van der Waals surface area contributed by atoms with Crippen molar-refractivity contribution >= 4 is 5.71 Å². The Hall–Kier alpha value is -0.830. The van der Waals surface area contributed by atoms with E-state index in [1.807, 2.05) is 0 Å². The lowest BCUT2D eigenvalue weighted by molar-refractivity contribution is -0.123. The van der Waals surface area contributed by atoms with E-state index in [1.165, 1.54) is 38.5 Å². The maximum atomic E-state index is 11.1. The molecule has 5 aliphatic carbocycles. The number of hydrogen-bond donors (Lipinski definition) is 2. The molecule has 0 bridgehead atoms. The predicted molar refractivity (Wildman–Crippen MR) is 98.6 cm³/mol. The van der Waals surface area contributed by atoms with Crippen LogP contribution in [0.4, 0.5) is 0 Å². The van der Waals surface area contributed by atoms with E-state index < -0.39 is 5.60 Å². The monoisotopic (exact) mass is 343 g/mol. The average molecular weight is 344 g/mol. The molecule has 2 N–H and O–H groups in total. The van der Waals surface area contributed by atoms with Crippen molar-refractivity contribution in [2.45, 2.75) is 84.2 Å². The zero-order chi connectivity index (χ0) is 17.7. The van der Waals surface area contributed by atoms with E-state index >= 15 is 0 Å². The minimum absolute atomic E-state index is 0.105. The standard InChI is InChI=1S/C22H33NO2/c1-19-7-4-14(23-25)12-18(19)22(10-11-22)13-15-16(19)5-8-20(2)17(15)6-9-21(20,3)24/h12,15-17,24-25H,4-11,13H2,1-3H3/b23-14+/t15-,16+,17+,19-,20+,21+/m1/s1. The molecule has 25 heavy (non-hydrogen) atoms. The second kappa shape index (κ2) is 4.71. The molecule has 1 spiro atoms. The molecule has 4 saturated carbocycles. The van der Waals surface area contributed by atoms with Gasteiger partial charge >= 0.3 is 0 Å². The summed E-state index contributed by atoms with van der Waals surface area (Å²) in [7, 11) is 0. The lowest BCUT2D eigenvalue weighted by Crippen LogP contribution is -2.55. The minimum atomic E-state index is -0.486. The van der Waals surface area contributed by atoms with Crippen molar-refractivity contribution in [1.82, 2.24) is 0 Å². The summed E-state index contributed by atoms with van der Waals surface area (Å²) in [5.41, 5.74) is 2.80. The summed E-state index contributed by atoms with van der Waals surface area (Å²) in [6, 6.07) is 0. The van der Waals surface area contributed by atoms with Crippen LogP contribution in [0, 0.1) is 34.0 Å². The zero-order valence-electron chi connectivity index (χ0n) is 16.0. The van der Waals surface area contributed by atoms with Gasteiger partial charge in [-0.1, -0.05) is 24.6 Å². The fraction of sp³-hybridized carbons (Fsp3) is 0.864. The van der Waals surface area contributed by atoms with Gasteiger partial charge in [-0.25, -0.2) is 0 Å². The van der Waals surface area contributed by atoms with Crippen LogP contribution < -0.4 is 0 Å². The van der Waals surface area contributed by atoms with Gasteiger partial charge in [-0.05, 0) is 105 Å². The van der Waals surface area contributed by atoms with E-state index in [1.54, 1.807) is 5.57 Å². The Kier molecular flexibility index (Phi) is 3.08. The summed E-state index contributed by atoms with van der Waals surface area (Å²) in [6.07, 6.45) is 12.9. The van der Waals surface area contributed by atoms with Crippen molar-refractivity contribution in [1.29, 1.82) is 0 Å². The number of oxime groups is 1. The van der Waals surface area contributed by atoms with Crippen LogP contribution in [0.1, 0.15) is 78.6 Å². The molecule has 0 unspecified atom stereocenters.